The number of anilines is 1. The first-order valence-corrected chi connectivity index (χ1v) is 6.20. The number of aliphatic hydroxyl groups excluding tert-OH is 1. The third-order valence-corrected chi connectivity index (χ3v) is 3.00. The van der Waals surface area contributed by atoms with Gasteiger partial charge in [0.2, 0.25) is 0 Å². The number of likely N-dealkylation sites (N-methyl/N-ethyl adjacent to an activating group) is 1. The molecule has 1 heterocycles. The van der Waals surface area contributed by atoms with Crippen LogP contribution in [0, 0.1) is 5.82 Å². The van der Waals surface area contributed by atoms with Crippen LogP contribution in [0.1, 0.15) is 11.3 Å². The topological polar surface area (TPSA) is 36.4 Å². The van der Waals surface area contributed by atoms with Gasteiger partial charge in [-0.05, 0) is 35.9 Å². The predicted molar refractivity (Wildman–Crippen MR) is 73.5 cm³/mol. The van der Waals surface area contributed by atoms with Gasteiger partial charge >= 0.3 is 0 Å². The highest BCUT2D eigenvalue weighted by atomic mass is 19.1. The Balaban J connectivity index is 2.03. The van der Waals surface area contributed by atoms with Gasteiger partial charge in [0, 0.05) is 37.6 Å². The van der Waals surface area contributed by atoms with Crippen molar-refractivity contribution in [2.45, 2.75) is 13.0 Å². The van der Waals surface area contributed by atoms with E-state index in [0.29, 0.717) is 5.56 Å². The third-order valence-electron chi connectivity index (χ3n) is 3.00. The number of aliphatic hydroxyl groups is 1. The minimum absolute atomic E-state index is 0.154. The lowest BCUT2D eigenvalue weighted by molar-refractivity contribution is 0.281. The molecule has 0 aliphatic heterocycles. The number of benzene rings is 1. The molecule has 100 valence electrons. The predicted octanol–water partition coefficient (Wildman–Crippen LogP) is 2.39. The van der Waals surface area contributed by atoms with Crippen LogP contribution in [0.25, 0.3) is 0 Å². The average molecular weight is 260 g/mol. The standard InChI is InChI=1S/C15H17FN2O/c1-18(7-5-14-4-2-3-6-17-14)15-9-12(11-19)8-13(16)10-15/h2-4,6,8-10,19H,5,7,11H2,1H3. The largest absolute Gasteiger partial charge is 0.392 e. The highest BCUT2D eigenvalue weighted by Crippen LogP contribution is 2.18. The summed E-state index contributed by atoms with van der Waals surface area (Å²) in [5.74, 6) is -0.328. The quantitative estimate of drug-likeness (QED) is 0.896. The summed E-state index contributed by atoms with van der Waals surface area (Å²) in [6.07, 6.45) is 2.56. The van der Waals surface area contributed by atoms with E-state index in [0.717, 1.165) is 24.3 Å². The highest BCUT2D eigenvalue weighted by Gasteiger charge is 2.05. The van der Waals surface area contributed by atoms with Crippen LogP contribution in [-0.4, -0.2) is 23.7 Å². The fraction of sp³-hybridized carbons (Fsp3) is 0.267. The molecule has 1 aromatic heterocycles. The first-order valence-electron chi connectivity index (χ1n) is 6.20. The lowest BCUT2D eigenvalue weighted by Gasteiger charge is -2.20. The van der Waals surface area contributed by atoms with Crippen LogP contribution in [0.4, 0.5) is 10.1 Å². The summed E-state index contributed by atoms with van der Waals surface area (Å²) in [5.41, 5.74) is 2.35. The molecule has 0 spiro atoms. The molecule has 0 aliphatic carbocycles. The summed E-state index contributed by atoms with van der Waals surface area (Å²) in [4.78, 5) is 6.21. The molecule has 2 aromatic rings. The number of hydrogen-bond donors (Lipinski definition) is 1. The van der Waals surface area contributed by atoms with Crippen molar-refractivity contribution in [1.82, 2.24) is 4.98 Å². The van der Waals surface area contributed by atoms with Crippen molar-refractivity contribution in [2.75, 3.05) is 18.5 Å². The Morgan fingerprint density at radius 3 is 2.79 bits per heavy atom. The summed E-state index contributed by atoms with van der Waals surface area (Å²) in [5, 5.41) is 9.08. The summed E-state index contributed by atoms with van der Waals surface area (Å²) in [6, 6.07) is 10.4. The van der Waals surface area contributed by atoms with Crippen molar-refractivity contribution < 1.29 is 9.50 Å². The Bertz CT molecular complexity index is 531. The molecule has 0 bridgehead atoms. The van der Waals surface area contributed by atoms with Crippen LogP contribution in [0.5, 0.6) is 0 Å². The van der Waals surface area contributed by atoms with Gasteiger partial charge in [0.1, 0.15) is 5.82 Å². The summed E-state index contributed by atoms with van der Waals surface area (Å²) >= 11 is 0. The highest BCUT2D eigenvalue weighted by molar-refractivity contribution is 5.48. The normalized spacial score (nSPS) is 10.5. The van der Waals surface area contributed by atoms with E-state index < -0.39 is 0 Å². The zero-order valence-corrected chi connectivity index (χ0v) is 10.9. The summed E-state index contributed by atoms with van der Waals surface area (Å²) in [6.45, 7) is 0.587. The second-order valence-corrected chi connectivity index (χ2v) is 4.47. The molecule has 0 saturated heterocycles. The smallest absolute Gasteiger partial charge is 0.125 e. The van der Waals surface area contributed by atoms with Crippen LogP contribution in [0.15, 0.2) is 42.6 Å². The average Bonchev–Trinajstić information content (AvgIpc) is 2.45. The van der Waals surface area contributed by atoms with Gasteiger partial charge in [-0.25, -0.2) is 4.39 Å². The first-order chi connectivity index (χ1) is 9.19. The third kappa shape index (κ3) is 3.76. The molecule has 0 radical (unpaired) electrons. The SMILES string of the molecule is CN(CCc1ccccn1)c1cc(F)cc(CO)c1. The van der Waals surface area contributed by atoms with Gasteiger partial charge in [-0.15, -0.1) is 0 Å². The Morgan fingerprint density at radius 1 is 1.26 bits per heavy atom. The van der Waals surface area contributed by atoms with Gasteiger partial charge in [0.05, 0.1) is 6.61 Å². The molecule has 3 nitrogen and oxygen atoms in total. The van der Waals surface area contributed by atoms with Gasteiger partial charge < -0.3 is 10.0 Å². The molecular formula is C15H17FN2O. The fourth-order valence-corrected chi connectivity index (χ4v) is 1.90. The van der Waals surface area contributed by atoms with Gasteiger partial charge in [0.15, 0.2) is 0 Å². The zero-order chi connectivity index (χ0) is 13.7. The minimum Gasteiger partial charge on any atom is -0.392 e. The summed E-state index contributed by atoms with van der Waals surface area (Å²) in [7, 11) is 1.90. The molecule has 2 rings (SSSR count). The molecule has 0 saturated carbocycles. The van der Waals surface area contributed by atoms with Crippen molar-refractivity contribution in [1.29, 1.82) is 0 Å². The molecule has 19 heavy (non-hydrogen) atoms. The van der Waals surface area contributed by atoms with Gasteiger partial charge in [-0.1, -0.05) is 6.07 Å². The number of nitrogens with zero attached hydrogens (tertiary/aromatic N) is 2. The fourth-order valence-electron chi connectivity index (χ4n) is 1.90. The second kappa shape index (κ2) is 6.29. The number of aromatic nitrogens is 1. The van der Waals surface area contributed by atoms with E-state index in [4.69, 9.17) is 5.11 Å². The number of hydrogen-bond acceptors (Lipinski definition) is 3. The first kappa shape index (κ1) is 13.5. The van der Waals surface area contributed by atoms with Crippen molar-refractivity contribution in [3.63, 3.8) is 0 Å². The van der Waals surface area contributed by atoms with Crippen LogP contribution in [-0.2, 0) is 13.0 Å². The van der Waals surface area contributed by atoms with Crippen molar-refractivity contribution in [3.05, 3.63) is 59.7 Å². The van der Waals surface area contributed by atoms with E-state index in [9.17, 15) is 4.39 Å². The maximum Gasteiger partial charge on any atom is 0.125 e. The van der Waals surface area contributed by atoms with Crippen LogP contribution >= 0.6 is 0 Å². The second-order valence-electron chi connectivity index (χ2n) is 4.47. The molecule has 0 fully saturated rings. The minimum atomic E-state index is -0.328. The number of halogens is 1. The summed E-state index contributed by atoms with van der Waals surface area (Å²) < 4.78 is 13.4. The van der Waals surface area contributed by atoms with Crippen LogP contribution < -0.4 is 4.90 Å². The molecular weight excluding hydrogens is 243 g/mol. The number of rotatable bonds is 5. The van der Waals surface area contributed by atoms with E-state index in [1.165, 1.54) is 12.1 Å². The van der Waals surface area contributed by atoms with E-state index in [1.54, 1.807) is 12.3 Å². The van der Waals surface area contributed by atoms with E-state index >= 15 is 0 Å². The molecule has 1 N–H and O–H groups in total. The monoisotopic (exact) mass is 260 g/mol. The Labute approximate surface area is 112 Å². The molecule has 0 atom stereocenters. The molecule has 0 unspecified atom stereocenters. The maximum atomic E-state index is 13.4. The van der Waals surface area contributed by atoms with E-state index in [2.05, 4.69) is 4.98 Å². The number of pyridine rings is 1. The molecule has 1 aromatic carbocycles. The van der Waals surface area contributed by atoms with Gasteiger partial charge in [-0.3, -0.25) is 4.98 Å². The molecule has 0 amide bonds. The molecule has 4 heteroatoms. The Morgan fingerprint density at radius 2 is 2.11 bits per heavy atom. The van der Waals surface area contributed by atoms with Crippen molar-refractivity contribution in [2.24, 2.45) is 0 Å². The lowest BCUT2D eigenvalue weighted by Crippen LogP contribution is -2.21. The van der Waals surface area contributed by atoms with Gasteiger partial charge in [0.25, 0.3) is 0 Å². The van der Waals surface area contributed by atoms with Crippen molar-refractivity contribution >= 4 is 5.69 Å². The molecule has 0 aliphatic rings. The Hall–Kier alpha value is -1.94. The lowest BCUT2D eigenvalue weighted by atomic mass is 10.2. The van der Waals surface area contributed by atoms with Crippen LogP contribution in [0.3, 0.4) is 0 Å². The van der Waals surface area contributed by atoms with Crippen LogP contribution in [0.2, 0.25) is 0 Å². The Kier molecular flexibility index (Phi) is 4.47. The van der Waals surface area contributed by atoms with E-state index in [-0.39, 0.29) is 12.4 Å². The maximum absolute atomic E-state index is 13.4. The zero-order valence-electron chi connectivity index (χ0n) is 10.9. The van der Waals surface area contributed by atoms with Crippen molar-refractivity contribution in [3.8, 4) is 0 Å². The van der Waals surface area contributed by atoms with Gasteiger partial charge in [-0.2, -0.15) is 0 Å². The van der Waals surface area contributed by atoms with E-state index in [1.807, 2.05) is 30.1 Å².